The molecule has 3 heteroatoms. The fourth-order valence-corrected chi connectivity index (χ4v) is 2.20. The zero-order chi connectivity index (χ0) is 13.7. The Morgan fingerprint density at radius 3 is 2.58 bits per heavy atom. The van der Waals surface area contributed by atoms with Crippen molar-refractivity contribution in [2.75, 3.05) is 0 Å². The third kappa shape index (κ3) is 3.78. The number of hydrogen-bond donors (Lipinski definition) is 0. The maximum Gasteiger partial charge on any atom is 0.133 e. The third-order valence-corrected chi connectivity index (χ3v) is 3.52. The molecule has 0 fully saturated rings. The van der Waals surface area contributed by atoms with E-state index in [0.717, 1.165) is 18.5 Å². The number of ketones is 1. The van der Waals surface area contributed by atoms with Crippen LogP contribution in [0.25, 0.3) is 0 Å². The fourth-order valence-electron chi connectivity index (χ4n) is 2.20. The van der Waals surface area contributed by atoms with E-state index in [1.165, 1.54) is 11.1 Å². The van der Waals surface area contributed by atoms with Crippen LogP contribution >= 0.6 is 0 Å². The van der Waals surface area contributed by atoms with Gasteiger partial charge in [0.25, 0.3) is 0 Å². The van der Waals surface area contributed by atoms with Gasteiger partial charge in [0.15, 0.2) is 0 Å². The van der Waals surface area contributed by atoms with Crippen molar-refractivity contribution in [1.82, 2.24) is 9.78 Å². The Kier molecular flexibility index (Phi) is 4.50. The van der Waals surface area contributed by atoms with Crippen LogP contribution in [0.3, 0.4) is 0 Å². The number of carbonyl (C=O) groups excluding carboxylic acids is 1. The lowest BCUT2D eigenvalue weighted by atomic mass is 10.0. The minimum atomic E-state index is 0.324. The molecule has 0 spiro atoms. The second kappa shape index (κ2) is 6.32. The molecular formula is C16H20N2O. The summed E-state index contributed by atoms with van der Waals surface area (Å²) in [6, 6.07) is 10.2. The lowest BCUT2D eigenvalue weighted by molar-refractivity contribution is -0.119. The summed E-state index contributed by atoms with van der Waals surface area (Å²) in [5.41, 5.74) is 3.66. The minimum Gasteiger partial charge on any atom is -0.300 e. The van der Waals surface area contributed by atoms with Gasteiger partial charge in [-0.05, 0) is 37.0 Å². The molecule has 3 nitrogen and oxygen atoms in total. The highest BCUT2D eigenvalue weighted by Crippen LogP contribution is 2.11. The van der Waals surface area contributed by atoms with E-state index in [1.54, 1.807) is 6.20 Å². The summed E-state index contributed by atoms with van der Waals surface area (Å²) in [6.45, 7) is 2.09. The Balaban J connectivity index is 1.79. The lowest BCUT2D eigenvalue weighted by Gasteiger charge is -2.05. The molecule has 100 valence electrons. The van der Waals surface area contributed by atoms with Crippen molar-refractivity contribution in [2.24, 2.45) is 7.05 Å². The first kappa shape index (κ1) is 13.5. The molecule has 0 N–H and O–H groups in total. The average Bonchev–Trinajstić information content (AvgIpc) is 2.81. The zero-order valence-corrected chi connectivity index (χ0v) is 11.6. The number of benzene rings is 1. The number of Topliss-reactive ketones (excluding diaryl/α,β-unsaturated/α-hetero) is 1. The van der Waals surface area contributed by atoms with Crippen molar-refractivity contribution in [3.63, 3.8) is 0 Å². The maximum atomic E-state index is 11.9. The first-order valence-electron chi connectivity index (χ1n) is 6.70. The Hall–Kier alpha value is -1.90. The number of rotatable bonds is 6. The molecule has 1 aromatic heterocycles. The Morgan fingerprint density at radius 2 is 1.89 bits per heavy atom. The second-order valence-electron chi connectivity index (χ2n) is 4.91. The van der Waals surface area contributed by atoms with Crippen LogP contribution in [0.2, 0.25) is 0 Å². The molecule has 0 bridgehead atoms. The molecule has 0 atom stereocenters. The van der Waals surface area contributed by atoms with Crippen molar-refractivity contribution in [3.8, 4) is 0 Å². The normalized spacial score (nSPS) is 10.6. The summed E-state index contributed by atoms with van der Waals surface area (Å²) in [5.74, 6) is 0.324. The monoisotopic (exact) mass is 256 g/mol. The van der Waals surface area contributed by atoms with E-state index >= 15 is 0 Å². The van der Waals surface area contributed by atoms with Crippen LogP contribution in [0, 0.1) is 6.92 Å². The first-order valence-corrected chi connectivity index (χ1v) is 6.70. The summed E-state index contributed by atoms with van der Waals surface area (Å²) in [7, 11) is 1.91. The van der Waals surface area contributed by atoms with Crippen LogP contribution in [0.15, 0.2) is 36.5 Å². The van der Waals surface area contributed by atoms with Gasteiger partial charge < -0.3 is 0 Å². The van der Waals surface area contributed by atoms with Crippen molar-refractivity contribution in [1.29, 1.82) is 0 Å². The molecule has 0 amide bonds. The standard InChI is InChI=1S/C16H20N2O/c1-13-5-3-4-6-14(13)7-9-16(19)10-8-15-11-12-17-18(15)2/h3-6,11-12H,7-10H2,1-2H3. The van der Waals surface area contributed by atoms with Gasteiger partial charge in [0.2, 0.25) is 0 Å². The molecule has 2 rings (SSSR count). The van der Waals surface area contributed by atoms with Gasteiger partial charge in [0, 0.05) is 31.8 Å². The molecule has 0 aliphatic rings. The van der Waals surface area contributed by atoms with Gasteiger partial charge in [0.05, 0.1) is 0 Å². The van der Waals surface area contributed by atoms with Gasteiger partial charge in [0.1, 0.15) is 5.78 Å². The Labute approximate surface area is 114 Å². The van der Waals surface area contributed by atoms with Crippen LogP contribution < -0.4 is 0 Å². The smallest absolute Gasteiger partial charge is 0.133 e. The summed E-state index contributed by atoms with van der Waals surface area (Å²) >= 11 is 0. The zero-order valence-electron chi connectivity index (χ0n) is 11.6. The molecule has 0 saturated heterocycles. The SMILES string of the molecule is Cc1ccccc1CCC(=O)CCc1ccnn1C. The molecule has 1 aromatic carbocycles. The molecular weight excluding hydrogens is 236 g/mol. The highest BCUT2D eigenvalue weighted by atomic mass is 16.1. The van der Waals surface area contributed by atoms with E-state index in [2.05, 4.69) is 24.2 Å². The van der Waals surface area contributed by atoms with Crippen LogP contribution in [-0.4, -0.2) is 15.6 Å². The van der Waals surface area contributed by atoms with E-state index in [-0.39, 0.29) is 0 Å². The summed E-state index contributed by atoms with van der Waals surface area (Å²) in [5, 5.41) is 4.11. The van der Waals surface area contributed by atoms with E-state index < -0.39 is 0 Å². The van der Waals surface area contributed by atoms with Crippen molar-refractivity contribution < 1.29 is 4.79 Å². The molecule has 1 heterocycles. The lowest BCUT2D eigenvalue weighted by Crippen LogP contribution is -2.05. The number of aryl methyl sites for hydroxylation is 4. The minimum absolute atomic E-state index is 0.324. The number of hydrogen-bond acceptors (Lipinski definition) is 2. The Bertz CT molecular complexity index is 557. The van der Waals surface area contributed by atoms with Gasteiger partial charge in [-0.25, -0.2) is 0 Å². The highest BCUT2D eigenvalue weighted by Gasteiger charge is 2.06. The molecule has 0 saturated carbocycles. The maximum absolute atomic E-state index is 11.9. The van der Waals surface area contributed by atoms with E-state index in [9.17, 15) is 4.79 Å². The second-order valence-corrected chi connectivity index (χ2v) is 4.91. The van der Waals surface area contributed by atoms with Crippen molar-refractivity contribution in [3.05, 3.63) is 53.3 Å². The molecule has 0 unspecified atom stereocenters. The van der Waals surface area contributed by atoms with Gasteiger partial charge in [-0.1, -0.05) is 24.3 Å². The largest absolute Gasteiger partial charge is 0.300 e. The van der Waals surface area contributed by atoms with E-state index in [0.29, 0.717) is 18.6 Å². The van der Waals surface area contributed by atoms with Crippen molar-refractivity contribution in [2.45, 2.75) is 32.6 Å². The van der Waals surface area contributed by atoms with Crippen LogP contribution in [-0.2, 0) is 24.7 Å². The van der Waals surface area contributed by atoms with Crippen LogP contribution in [0.4, 0.5) is 0 Å². The topological polar surface area (TPSA) is 34.9 Å². The predicted molar refractivity (Wildman–Crippen MR) is 76.0 cm³/mol. The summed E-state index contributed by atoms with van der Waals surface area (Å²) in [4.78, 5) is 11.9. The Morgan fingerprint density at radius 1 is 1.16 bits per heavy atom. The molecule has 0 aliphatic carbocycles. The number of nitrogens with zero attached hydrogens (tertiary/aromatic N) is 2. The average molecular weight is 256 g/mol. The molecule has 0 radical (unpaired) electrons. The van der Waals surface area contributed by atoms with Crippen LogP contribution in [0.5, 0.6) is 0 Å². The fraction of sp³-hybridized carbons (Fsp3) is 0.375. The van der Waals surface area contributed by atoms with Gasteiger partial charge >= 0.3 is 0 Å². The summed E-state index contributed by atoms with van der Waals surface area (Å²) in [6.07, 6.45) is 4.63. The van der Waals surface area contributed by atoms with Crippen molar-refractivity contribution >= 4 is 5.78 Å². The predicted octanol–water partition coefficient (Wildman–Crippen LogP) is 2.86. The third-order valence-electron chi connectivity index (χ3n) is 3.52. The van der Waals surface area contributed by atoms with Gasteiger partial charge in [-0.15, -0.1) is 0 Å². The van der Waals surface area contributed by atoms with Crippen LogP contribution in [0.1, 0.15) is 29.7 Å². The molecule has 0 aliphatic heterocycles. The van der Waals surface area contributed by atoms with E-state index in [1.807, 2.05) is 29.9 Å². The molecule has 2 aromatic rings. The van der Waals surface area contributed by atoms with E-state index in [4.69, 9.17) is 0 Å². The van der Waals surface area contributed by atoms with Gasteiger partial charge in [-0.3, -0.25) is 9.48 Å². The number of carbonyl (C=O) groups is 1. The van der Waals surface area contributed by atoms with Gasteiger partial charge in [-0.2, -0.15) is 5.10 Å². The highest BCUT2D eigenvalue weighted by molar-refractivity contribution is 5.78. The summed E-state index contributed by atoms with van der Waals surface area (Å²) < 4.78 is 1.83. The number of aromatic nitrogens is 2. The quantitative estimate of drug-likeness (QED) is 0.796. The molecule has 19 heavy (non-hydrogen) atoms. The first-order chi connectivity index (χ1) is 9.16.